The minimum absolute atomic E-state index is 0.199. The quantitative estimate of drug-likeness (QED) is 0.563. The van der Waals surface area contributed by atoms with Gasteiger partial charge >= 0.3 is 0 Å². The molecule has 0 unspecified atom stereocenters. The van der Waals surface area contributed by atoms with Crippen LogP contribution in [0.4, 0.5) is 18.9 Å². The molecule has 0 atom stereocenters. The molecule has 6 nitrogen and oxygen atoms in total. The molecule has 1 aliphatic heterocycles. The summed E-state index contributed by atoms with van der Waals surface area (Å²) < 4.78 is 43.2. The second kappa shape index (κ2) is 10.1. The van der Waals surface area contributed by atoms with Crippen LogP contribution in [0.1, 0.15) is 42.4 Å². The summed E-state index contributed by atoms with van der Waals surface area (Å²) in [5.74, 6) is -2.74. The normalized spacial score (nSPS) is 13.2. The van der Waals surface area contributed by atoms with Crippen molar-refractivity contribution >= 4 is 17.5 Å². The van der Waals surface area contributed by atoms with Crippen molar-refractivity contribution in [3.8, 4) is 11.4 Å². The number of aromatic nitrogens is 2. The molecule has 0 saturated heterocycles. The first-order valence-corrected chi connectivity index (χ1v) is 11.3. The number of nitrogens with one attached hydrogen (secondary N) is 1. The van der Waals surface area contributed by atoms with Gasteiger partial charge in [0.15, 0.2) is 0 Å². The van der Waals surface area contributed by atoms with Crippen LogP contribution in [0.15, 0.2) is 42.5 Å². The van der Waals surface area contributed by atoms with Gasteiger partial charge in [-0.05, 0) is 62.6 Å². The van der Waals surface area contributed by atoms with E-state index in [4.69, 9.17) is 0 Å². The van der Waals surface area contributed by atoms with E-state index in [1.807, 2.05) is 4.57 Å². The zero-order valence-electron chi connectivity index (χ0n) is 18.8. The van der Waals surface area contributed by atoms with Gasteiger partial charge in [0.25, 0.3) is 5.91 Å². The van der Waals surface area contributed by atoms with Crippen molar-refractivity contribution in [1.29, 1.82) is 0 Å². The first-order chi connectivity index (χ1) is 16.4. The lowest BCUT2D eigenvalue weighted by atomic mass is 10.1. The molecule has 0 aliphatic carbocycles. The number of benzene rings is 2. The molecule has 1 N–H and O–H groups in total. The fourth-order valence-corrected chi connectivity index (χ4v) is 4.16. The highest BCUT2D eigenvalue weighted by Gasteiger charge is 2.28. The molecule has 0 fully saturated rings. The van der Waals surface area contributed by atoms with E-state index in [1.165, 1.54) is 23.1 Å². The Morgan fingerprint density at radius 3 is 2.41 bits per heavy atom. The van der Waals surface area contributed by atoms with Crippen LogP contribution < -0.4 is 5.32 Å². The molecule has 34 heavy (non-hydrogen) atoms. The highest BCUT2D eigenvalue weighted by atomic mass is 19.1. The number of nitrogens with zero attached hydrogens (tertiary/aromatic N) is 3. The highest BCUT2D eigenvalue weighted by Crippen LogP contribution is 2.28. The van der Waals surface area contributed by atoms with E-state index >= 15 is 0 Å². The fraction of sp³-hybridized carbons (Fsp3) is 0.320. The Labute approximate surface area is 195 Å². The molecule has 0 saturated carbocycles. The van der Waals surface area contributed by atoms with Crippen molar-refractivity contribution in [3.05, 3.63) is 71.3 Å². The van der Waals surface area contributed by atoms with Crippen molar-refractivity contribution in [1.82, 2.24) is 14.5 Å². The van der Waals surface area contributed by atoms with Crippen molar-refractivity contribution < 1.29 is 22.8 Å². The third-order valence-electron chi connectivity index (χ3n) is 5.90. The van der Waals surface area contributed by atoms with Gasteiger partial charge in [0.2, 0.25) is 5.91 Å². The Bertz CT molecular complexity index is 1190. The summed E-state index contributed by atoms with van der Waals surface area (Å²) in [6.07, 6.45) is 3.49. The molecule has 3 aromatic rings. The SMILES string of the molecule is CCN(CC(=O)Nc1c(F)cccc1F)C(=O)c1nc(-c2ccc(F)cc2)n2c1CCCCC2. The number of hydrogen-bond acceptors (Lipinski definition) is 3. The molecule has 0 spiro atoms. The first-order valence-electron chi connectivity index (χ1n) is 11.3. The van der Waals surface area contributed by atoms with E-state index in [0.29, 0.717) is 24.4 Å². The second-order valence-corrected chi connectivity index (χ2v) is 8.16. The summed E-state index contributed by atoms with van der Waals surface area (Å²) in [6.45, 7) is 2.21. The zero-order valence-corrected chi connectivity index (χ0v) is 18.8. The molecular formula is C25H25F3N4O2. The van der Waals surface area contributed by atoms with E-state index in [1.54, 1.807) is 19.1 Å². The van der Waals surface area contributed by atoms with Gasteiger partial charge in [-0.1, -0.05) is 12.5 Å². The van der Waals surface area contributed by atoms with Gasteiger partial charge in [0.05, 0.1) is 5.69 Å². The smallest absolute Gasteiger partial charge is 0.274 e. The molecular weight excluding hydrogens is 445 g/mol. The highest BCUT2D eigenvalue weighted by molar-refractivity contribution is 5.99. The maximum Gasteiger partial charge on any atom is 0.274 e. The van der Waals surface area contributed by atoms with Crippen LogP contribution in [0.25, 0.3) is 11.4 Å². The molecule has 2 heterocycles. The minimum Gasteiger partial charge on any atom is -0.328 e. The molecule has 178 valence electrons. The monoisotopic (exact) mass is 470 g/mol. The van der Waals surface area contributed by atoms with Gasteiger partial charge in [-0.2, -0.15) is 0 Å². The summed E-state index contributed by atoms with van der Waals surface area (Å²) in [4.78, 5) is 31.9. The van der Waals surface area contributed by atoms with Crippen molar-refractivity contribution in [2.24, 2.45) is 0 Å². The summed E-state index contributed by atoms with van der Waals surface area (Å²) >= 11 is 0. The van der Waals surface area contributed by atoms with Gasteiger partial charge in [-0.15, -0.1) is 0 Å². The lowest BCUT2D eigenvalue weighted by Crippen LogP contribution is -2.38. The maximum absolute atomic E-state index is 13.9. The molecule has 2 amide bonds. The molecule has 1 aliphatic rings. The molecule has 2 aromatic carbocycles. The van der Waals surface area contributed by atoms with Gasteiger partial charge < -0.3 is 14.8 Å². The number of carbonyl (C=O) groups is 2. The van der Waals surface area contributed by atoms with Crippen LogP contribution in [0.3, 0.4) is 0 Å². The average Bonchev–Trinajstić information content (AvgIpc) is 3.00. The second-order valence-electron chi connectivity index (χ2n) is 8.16. The third-order valence-corrected chi connectivity index (χ3v) is 5.90. The number of imidazole rings is 1. The van der Waals surface area contributed by atoms with Gasteiger partial charge in [0, 0.05) is 18.7 Å². The summed E-state index contributed by atoms with van der Waals surface area (Å²) in [5.41, 5.74) is 1.17. The minimum atomic E-state index is -0.897. The molecule has 4 rings (SSSR count). The zero-order chi connectivity index (χ0) is 24.2. The average molecular weight is 470 g/mol. The van der Waals surface area contributed by atoms with Crippen LogP contribution in [0.2, 0.25) is 0 Å². The summed E-state index contributed by atoms with van der Waals surface area (Å²) in [7, 11) is 0. The first kappa shape index (κ1) is 23.5. The Morgan fingerprint density at radius 1 is 1.03 bits per heavy atom. The molecule has 0 radical (unpaired) electrons. The third kappa shape index (κ3) is 4.83. The van der Waals surface area contributed by atoms with Crippen molar-refractivity contribution in [2.45, 2.75) is 39.2 Å². The largest absolute Gasteiger partial charge is 0.328 e. The topological polar surface area (TPSA) is 67.2 Å². The Hall–Kier alpha value is -3.62. The van der Waals surface area contributed by atoms with E-state index in [2.05, 4.69) is 10.3 Å². The fourth-order valence-electron chi connectivity index (χ4n) is 4.16. The van der Waals surface area contributed by atoms with E-state index in [-0.39, 0.29) is 24.6 Å². The Kier molecular flexibility index (Phi) is 7.00. The molecule has 1 aromatic heterocycles. The number of para-hydroxylation sites is 1. The summed E-state index contributed by atoms with van der Waals surface area (Å²) in [6, 6.07) is 9.22. The number of anilines is 1. The van der Waals surface area contributed by atoms with E-state index in [9.17, 15) is 22.8 Å². The number of halogens is 3. The van der Waals surface area contributed by atoms with Gasteiger partial charge in [-0.3, -0.25) is 9.59 Å². The van der Waals surface area contributed by atoms with Crippen LogP contribution >= 0.6 is 0 Å². The van der Waals surface area contributed by atoms with Crippen LogP contribution in [-0.2, 0) is 17.8 Å². The van der Waals surface area contributed by atoms with E-state index in [0.717, 1.165) is 37.1 Å². The molecule has 9 heteroatoms. The van der Waals surface area contributed by atoms with Crippen molar-refractivity contribution in [2.75, 3.05) is 18.4 Å². The number of likely N-dealkylation sites (N-methyl/N-ethyl adjacent to an activating group) is 1. The number of rotatable bonds is 6. The standard InChI is InChI=1S/C25H25F3N4O2/c1-2-31(15-21(33)29-22-18(27)7-6-8-19(22)28)25(34)23-20-9-4-3-5-14-32(20)24(30-23)16-10-12-17(26)13-11-16/h6-8,10-13H,2-5,9,14-15H2,1H3,(H,29,33). The molecule has 0 bridgehead atoms. The van der Waals surface area contributed by atoms with Crippen LogP contribution in [-0.4, -0.2) is 39.4 Å². The maximum atomic E-state index is 13.9. The summed E-state index contributed by atoms with van der Waals surface area (Å²) in [5, 5.41) is 2.21. The lowest BCUT2D eigenvalue weighted by Gasteiger charge is -2.20. The predicted octanol–water partition coefficient (Wildman–Crippen LogP) is 4.79. The Balaban J connectivity index is 1.61. The van der Waals surface area contributed by atoms with Crippen LogP contribution in [0.5, 0.6) is 0 Å². The van der Waals surface area contributed by atoms with Gasteiger partial charge in [-0.25, -0.2) is 18.2 Å². The van der Waals surface area contributed by atoms with Crippen LogP contribution in [0, 0.1) is 17.5 Å². The Morgan fingerprint density at radius 2 is 1.74 bits per heavy atom. The number of fused-ring (bicyclic) bond motifs is 1. The van der Waals surface area contributed by atoms with Crippen molar-refractivity contribution in [3.63, 3.8) is 0 Å². The number of amides is 2. The van der Waals surface area contributed by atoms with E-state index < -0.39 is 29.1 Å². The number of hydrogen-bond donors (Lipinski definition) is 1. The van der Waals surface area contributed by atoms with Gasteiger partial charge in [0.1, 0.15) is 41.2 Å². The number of carbonyl (C=O) groups excluding carboxylic acids is 2. The predicted molar refractivity (Wildman–Crippen MR) is 122 cm³/mol. The lowest BCUT2D eigenvalue weighted by molar-refractivity contribution is -0.116.